The van der Waals surface area contributed by atoms with Crippen molar-refractivity contribution < 1.29 is 23.5 Å². The largest absolute Gasteiger partial charge is 0.497 e. The number of rotatable bonds is 7. The summed E-state index contributed by atoms with van der Waals surface area (Å²) in [5, 5.41) is 0. The summed E-state index contributed by atoms with van der Waals surface area (Å²) >= 11 is 0. The Morgan fingerprint density at radius 3 is 2.06 bits per heavy atom. The van der Waals surface area contributed by atoms with Gasteiger partial charge in [-0.3, -0.25) is 14.5 Å². The zero-order valence-corrected chi connectivity index (χ0v) is 20.5. The number of hydrogen-bond acceptors (Lipinski definition) is 5. The van der Waals surface area contributed by atoms with Gasteiger partial charge in [0.25, 0.3) is 5.91 Å². The predicted molar refractivity (Wildman–Crippen MR) is 131 cm³/mol. The van der Waals surface area contributed by atoms with Gasteiger partial charge in [0, 0.05) is 60.4 Å². The van der Waals surface area contributed by atoms with Crippen molar-refractivity contribution in [2.24, 2.45) is 0 Å². The van der Waals surface area contributed by atoms with Crippen LogP contribution in [0.2, 0.25) is 0 Å². The zero-order valence-electron chi connectivity index (χ0n) is 20.5. The number of amides is 1. The highest BCUT2D eigenvalue weighted by molar-refractivity contribution is 5.99. The van der Waals surface area contributed by atoms with Crippen molar-refractivity contribution in [3.05, 3.63) is 76.9 Å². The lowest BCUT2D eigenvalue weighted by Crippen LogP contribution is -2.49. The number of benzene rings is 2. The smallest absolute Gasteiger partial charge is 0.254 e. The highest BCUT2D eigenvalue weighted by atomic mass is 19.1. The molecule has 0 radical (unpaired) electrons. The first kappa shape index (κ1) is 24.5. The molecule has 7 nitrogen and oxygen atoms in total. The first-order valence-electron chi connectivity index (χ1n) is 11.5. The molecule has 2 aromatic carbocycles. The number of ether oxygens (including phenoxy) is 2. The molecule has 3 aromatic rings. The molecule has 0 bridgehead atoms. The van der Waals surface area contributed by atoms with E-state index in [9.17, 15) is 14.0 Å². The molecule has 1 aliphatic rings. The van der Waals surface area contributed by atoms with Gasteiger partial charge in [-0.25, -0.2) is 4.39 Å². The van der Waals surface area contributed by atoms with E-state index in [2.05, 4.69) is 4.90 Å². The maximum Gasteiger partial charge on any atom is 0.254 e. The summed E-state index contributed by atoms with van der Waals surface area (Å²) in [5.74, 6) is 0.779. The minimum absolute atomic E-state index is 0.0313. The Morgan fingerprint density at radius 2 is 1.49 bits per heavy atom. The minimum atomic E-state index is -0.296. The highest BCUT2D eigenvalue weighted by Crippen LogP contribution is 2.25. The number of aromatic nitrogens is 1. The van der Waals surface area contributed by atoms with Crippen LogP contribution in [0.15, 0.2) is 48.5 Å². The van der Waals surface area contributed by atoms with Crippen molar-refractivity contribution in [2.75, 3.05) is 46.9 Å². The number of ketones is 1. The molecule has 4 rings (SSSR count). The van der Waals surface area contributed by atoms with Gasteiger partial charge in [0.2, 0.25) is 0 Å². The number of carbonyl (C=O) groups excluding carboxylic acids is 2. The second-order valence-electron chi connectivity index (χ2n) is 8.69. The molecule has 1 fully saturated rings. The summed E-state index contributed by atoms with van der Waals surface area (Å²) in [6, 6.07) is 13.3. The van der Waals surface area contributed by atoms with Crippen molar-refractivity contribution >= 4 is 11.7 Å². The van der Waals surface area contributed by atoms with Gasteiger partial charge < -0.3 is 18.9 Å². The summed E-state index contributed by atoms with van der Waals surface area (Å²) in [5.41, 5.74) is 3.75. The van der Waals surface area contributed by atoms with Crippen LogP contribution >= 0.6 is 0 Å². The summed E-state index contributed by atoms with van der Waals surface area (Å²) in [6.45, 7) is 6.39. The van der Waals surface area contributed by atoms with E-state index < -0.39 is 0 Å². The second kappa shape index (κ2) is 10.3. The third kappa shape index (κ3) is 5.22. The van der Waals surface area contributed by atoms with Gasteiger partial charge in [-0.05, 0) is 56.3 Å². The normalized spacial score (nSPS) is 14.1. The van der Waals surface area contributed by atoms with E-state index in [4.69, 9.17) is 9.47 Å². The molecule has 1 saturated heterocycles. The number of aryl methyl sites for hydroxylation is 1. The monoisotopic (exact) mass is 479 g/mol. The van der Waals surface area contributed by atoms with E-state index in [0.717, 1.165) is 17.1 Å². The average Bonchev–Trinajstić information content (AvgIpc) is 3.18. The third-order valence-corrected chi connectivity index (χ3v) is 6.44. The lowest BCUT2D eigenvalue weighted by atomic mass is 10.1. The van der Waals surface area contributed by atoms with Crippen molar-refractivity contribution in [1.82, 2.24) is 14.4 Å². The van der Waals surface area contributed by atoms with E-state index in [1.54, 1.807) is 49.5 Å². The topological polar surface area (TPSA) is 64.0 Å². The summed E-state index contributed by atoms with van der Waals surface area (Å²) < 4.78 is 25.9. The fourth-order valence-corrected chi connectivity index (χ4v) is 4.54. The van der Waals surface area contributed by atoms with Crippen LogP contribution < -0.4 is 9.47 Å². The van der Waals surface area contributed by atoms with Crippen molar-refractivity contribution in [3.8, 4) is 17.2 Å². The van der Waals surface area contributed by atoms with Crippen molar-refractivity contribution in [3.63, 3.8) is 0 Å². The Balaban J connectivity index is 1.40. The third-order valence-electron chi connectivity index (χ3n) is 6.44. The fourth-order valence-electron chi connectivity index (χ4n) is 4.54. The van der Waals surface area contributed by atoms with Gasteiger partial charge in [0.15, 0.2) is 5.78 Å². The van der Waals surface area contributed by atoms with Crippen LogP contribution in [0.5, 0.6) is 11.5 Å². The Kier molecular flexibility index (Phi) is 7.21. The van der Waals surface area contributed by atoms with Gasteiger partial charge in [-0.2, -0.15) is 0 Å². The highest BCUT2D eigenvalue weighted by Gasteiger charge is 2.25. The van der Waals surface area contributed by atoms with Crippen molar-refractivity contribution in [1.29, 1.82) is 0 Å². The summed E-state index contributed by atoms with van der Waals surface area (Å²) in [4.78, 5) is 30.0. The molecule has 1 aliphatic heterocycles. The minimum Gasteiger partial charge on any atom is -0.497 e. The zero-order chi connectivity index (χ0) is 25.1. The van der Waals surface area contributed by atoms with E-state index in [1.165, 1.54) is 12.1 Å². The predicted octanol–water partition coefficient (Wildman–Crippen LogP) is 3.89. The lowest BCUT2D eigenvalue weighted by molar-refractivity contribution is 0.0623. The van der Waals surface area contributed by atoms with E-state index in [0.29, 0.717) is 48.8 Å². The van der Waals surface area contributed by atoms with Gasteiger partial charge in [0.1, 0.15) is 17.3 Å². The number of hydrogen-bond donors (Lipinski definition) is 0. The molecule has 1 aromatic heterocycles. The maximum absolute atomic E-state index is 13.3. The van der Waals surface area contributed by atoms with Crippen LogP contribution in [-0.4, -0.2) is 73.0 Å². The summed E-state index contributed by atoms with van der Waals surface area (Å²) in [7, 11) is 3.10. The van der Waals surface area contributed by atoms with Gasteiger partial charge >= 0.3 is 0 Å². The molecule has 35 heavy (non-hydrogen) atoms. The Bertz CT molecular complexity index is 1210. The SMILES string of the molecule is COc1cc(OC)cc(C(=O)N2CCN(CC(=O)c3cc(C)n(-c4ccc(F)cc4)c3C)CC2)c1. The molecule has 1 amide bonds. The molecule has 0 saturated carbocycles. The van der Waals surface area contributed by atoms with E-state index in [1.807, 2.05) is 24.5 Å². The van der Waals surface area contributed by atoms with Gasteiger partial charge in [-0.15, -0.1) is 0 Å². The van der Waals surface area contributed by atoms with Crippen LogP contribution in [0, 0.1) is 19.7 Å². The molecule has 0 aliphatic carbocycles. The Morgan fingerprint density at radius 1 is 0.886 bits per heavy atom. The van der Waals surface area contributed by atoms with E-state index in [-0.39, 0.29) is 24.1 Å². The van der Waals surface area contributed by atoms with Crippen LogP contribution in [0.25, 0.3) is 5.69 Å². The molecule has 0 atom stereocenters. The summed E-state index contributed by atoms with van der Waals surface area (Å²) in [6.07, 6.45) is 0. The molecule has 0 unspecified atom stereocenters. The molecule has 0 N–H and O–H groups in total. The molecular weight excluding hydrogens is 449 g/mol. The van der Waals surface area contributed by atoms with Gasteiger partial charge in [-0.1, -0.05) is 0 Å². The first-order valence-corrected chi connectivity index (χ1v) is 11.5. The lowest BCUT2D eigenvalue weighted by Gasteiger charge is -2.34. The van der Waals surface area contributed by atoms with Crippen LogP contribution in [0.3, 0.4) is 0 Å². The first-order chi connectivity index (χ1) is 16.8. The number of methoxy groups -OCH3 is 2. The number of piperazine rings is 1. The standard InChI is InChI=1S/C27H30FN3O4/c1-18-13-25(19(2)31(18)22-7-5-21(28)6-8-22)26(32)17-29-9-11-30(12-10-29)27(33)20-14-23(34-3)16-24(15-20)35-4/h5-8,13-16H,9-12,17H2,1-4H3. The Hall–Kier alpha value is -3.65. The van der Waals surface area contributed by atoms with Crippen LogP contribution in [0.1, 0.15) is 32.1 Å². The van der Waals surface area contributed by atoms with Crippen LogP contribution in [0.4, 0.5) is 4.39 Å². The Labute approximate surface area is 204 Å². The molecule has 184 valence electrons. The number of Topliss-reactive ketones (excluding diaryl/α,β-unsaturated/α-hetero) is 1. The average molecular weight is 480 g/mol. The molecule has 0 spiro atoms. The fraction of sp³-hybridized carbons (Fsp3) is 0.333. The second-order valence-corrected chi connectivity index (χ2v) is 8.69. The van der Waals surface area contributed by atoms with Crippen LogP contribution in [-0.2, 0) is 0 Å². The quantitative estimate of drug-likeness (QED) is 0.481. The maximum atomic E-state index is 13.3. The molecule has 8 heteroatoms. The van der Waals surface area contributed by atoms with Crippen molar-refractivity contribution in [2.45, 2.75) is 13.8 Å². The number of nitrogens with zero attached hydrogens (tertiary/aromatic N) is 3. The molecule has 2 heterocycles. The molecular formula is C27H30FN3O4. The number of halogens is 1. The van der Waals surface area contributed by atoms with Gasteiger partial charge in [0.05, 0.1) is 20.8 Å². The number of carbonyl (C=O) groups is 2. The van der Waals surface area contributed by atoms with E-state index >= 15 is 0 Å².